The molecule has 8 heteroatoms. The Kier molecular flexibility index (Phi) is 6.28. The summed E-state index contributed by atoms with van der Waals surface area (Å²) in [6.07, 6.45) is 3.29. The Morgan fingerprint density at radius 1 is 1.11 bits per heavy atom. The first-order valence-corrected chi connectivity index (χ1v) is 9.31. The molecule has 1 saturated carbocycles. The maximum atomic E-state index is 12.5. The summed E-state index contributed by atoms with van der Waals surface area (Å²) in [7, 11) is 1.57. The number of nitrogens with zero attached hydrogens (tertiary/aromatic N) is 1. The number of amides is 4. The van der Waals surface area contributed by atoms with Gasteiger partial charge in [-0.1, -0.05) is 12.1 Å². The number of carbonyl (C=O) groups excluding carboxylic acids is 3. The van der Waals surface area contributed by atoms with Gasteiger partial charge in [0.1, 0.15) is 5.75 Å². The number of hydrogen-bond acceptors (Lipinski definition) is 5. The number of likely N-dealkylation sites (tertiary alicyclic amines) is 1. The zero-order valence-electron chi connectivity index (χ0n) is 15.5. The number of urea groups is 1. The van der Waals surface area contributed by atoms with Gasteiger partial charge in [0.25, 0.3) is 0 Å². The van der Waals surface area contributed by atoms with Crippen molar-refractivity contribution in [3.63, 3.8) is 0 Å². The van der Waals surface area contributed by atoms with Gasteiger partial charge >= 0.3 is 6.03 Å². The number of carbonyl (C=O) groups is 3. The highest BCUT2D eigenvalue weighted by Gasteiger charge is 2.27. The summed E-state index contributed by atoms with van der Waals surface area (Å²) in [6.45, 7) is 1.45. The van der Waals surface area contributed by atoms with Gasteiger partial charge in [-0.2, -0.15) is 0 Å². The summed E-state index contributed by atoms with van der Waals surface area (Å²) < 4.78 is 5.25. The molecule has 1 aromatic rings. The van der Waals surface area contributed by atoms with Gasteiger partial charge in [0.05, 0.1) is 19.3 Å². The molecule has 0 bridgehead atoms. The van der Waals surface area contributed by atoms with E-state index in [-0.39, 0.29) is 30.3 Å². The van der Waals surface area contributed by atoms with Gasteiger partial charge in [-0.25, -0.2) is 4.79 Å². The van der Waals surface area contributed by atoms with E-state index >= 15 is 0 Å². The van der Waals surface area contributed by atoms with E-state index in [0.29, 0.717) is 37.4 Å². The molecule has 0 unspecified atom stereocenters. The van der Waals surface area contributed by atoms with Crippen molar-refractivity contribution in [2.45, 2.75) is 31.7 Å². The molecule has 1 aliphatic carbocycles. The van der Waals surface area contributed by atoms with Gasteiger partial charge in [0.15, 0.2) is 0 Å². The SMILES string of the molecule is COc1ccccc1NC(=O)C1CCN(CC(=O)NC(=O)NC2CC2)CC1. The number of para-hydroxylation sites is 2. The van der Waals surface area contributed by atoms with Crippen molar-refractivity contribution in [1.29, 1.82) is 0 Å². The van der Waals surface area contributed by atoms with E-state index in [1.54, 1.807) is 13.2 Å². The molecule has 2 aliphatic rings. The first-order valence-electron chi connectivity index (χ1n) is 9.31. The molecule has 0 atom stereocenters. The van der Waals surface area contributed by atoms with Crippen molar-refractivity contribution in [2.24, 2.45) is 5.92 Å². The van der Waals surface area contributed by atoms with Gasteiger partial charge in [0.2, 0.25) is 11.8 Å². The average molecular weight is 374 g/mol. The minimum Gasteiger partial charge on any atom is -0.495 e. The lowest BCUT2D eigenvalue weighted by Crippen LogP contribution is -2.47. The summed E-state index contributed by atoms with van der Waals surface area (Å²) in [4.78, 5) is 38.0. The Morgan fingerprint density at radius 3 is 2.48 bits per heavy atom. The average Bonchev–Trinajstić information content (AvgIpc) is 3.46. The Balaban J connectivity index is 1.40. The van der Waals surface area contributed by atoms with Gasteiger partial charge in [-0.05, 0) is 50.9 Å². The summed E-state index contributed by atoms with van der Waals surface area (Å²) in [6, 6.07) is 7.10. The van der Waals surface area contributed by atoms with E-state index in [9.17, 15) is 14.4 Å². The monoisotopic (exact) mass is 374 g/mol. The lowest BCUT2D eigenvalue weighted by molar-refractivity contribution is -0.122. The number of benzene rings is 1. The first kappa shape index (κ1) is 19.2. The van der Waals surface area contributed by atoms with Crippen LogP contribution in [0.5, 0.6) is 5.75 Å². The van der Waals surface area contributed by atoms with E-state index < -0.39 is 6.03 Å². The van der Waals surface area contributed by atoms with Crippen molar-refractivity contribution in [3.8, 4) is 5.75 Å². The zero-order chi connectivity index (χ0) is 19.2. The van der Waals surface area contributed by atoms with Crippen LogP contribution in [0, 0.1) is 5.92 Å². The largest absolute Gasteiger partial charge is 0.495 e. The Bertz CT molecular complexity index is 697. The molecule has 146 valence electrons. The van der Waals surface area contributed by atoms with E-state index in [4.69, 9.17) is 4.74 Å². The molecule has 0 radical (unpaired) electrons. The van der Waals surface area contributed by atoms with Gasteiger partial charge in [-0.15, -0.1) is 0 Å². The topological polar surface area (TPSA) is 99.8 Å². The van der Waals surface area contributed by atoms with Crippen molar-refractivity contribution < 1.29 is 19.1 Å². The predicted molar refractivity (Wildman–Crippen MR) is 100 cm³/mol. The number of methoxy groups -OCH3 is 1. The van der Waals surface area contributed by atoms with Crippen LogP contribution >= 0.6 is 0 Å². The van der Waals surface area contributed by atoms with Gasteiger partial charge < -0.3 is 15.4 Å². The predicted octanol–water partition coefficient (Wildman–Crippen LogP) is 1.33. The van der Waals surface area contributed by atoms with Gasteiger partial charge in [0, 0.05) is 12.0 Å². The van der Waals surface area contributed by atoms with E-state index in [0.717, 1.165) is 12.8 Å². The van der Waals surface area contributed by atoms with Crippen LogP contribution < -0.4 is 20.7 Å². The molecular weight excluding hydrogens is 348 g/mol. The van der Waals surface area contributed by atoms with Crippen LogP contribution in [-0.2, 0) is 9.59 Å². The highest BCUT2D eigenvalue weighted by atomic mass is 16.5. The van der Waals surface area contributed by atoms with Crippen molar-refractivity contribution >= 4 is 23.5 Å². The highest BCUT2D eigenvalue weighted by molar-refractivity contribution is 5.95. The molecule has 8 nitrogen and oxygen atoms in total. The summed E-state index contributed by atoms with van der Waals surface area (Å²) in [5.41, 5.74) is 0.661. The highest BCUT2D eigenvalue weighted by Crippen LogP contribution is 2.25. The third-order valence-corrected chi connectivity index (χ3v) is 4.86. The minimum atomic E-state index is -0.423. The fraction of sp³-hybridized carbons (Fsp3) is 0.526. The zero-order valence-corrected chi connectivity index (χ0v) is 15.5. The van der Waals surface area contributed by atoms with E-state index in [1.165, 1.54) is 0 Å². The summed E-state index contributed by atoms with van der Waals surface area (Å²) in [5.74, 6) is 0.175. The van der Waals surface area contributed by atoms with Crippen molar-refractivity contribution in [2.75, 3.05) is 32.1 Å². The molecular formula is C19H26N4O4. The second-order valence-electron chi connectivity index (χ2n) is 7.04. The lowest BCUT2D eigenvalue weighted by atomic mass is 9.95. The Labute approximate surface area is 158 Å². The van der Waals surface area contributed by atoms with Crippen molar-refractivity contribution in [1.82, 2.24) is 15.5 Å². The Morgan fingerprint density at radius 2 is 1.81 bits per heavy atom. The number of piperidine rings is 1. The number of anilines is 1. The molecule has 0 aromatic heterocycles. The van der Waals surface area contributed by atoms with Crippen LogP contribution in [0.25, 0.3) is 0 Å². The quantitative estimate of drug-likeness (QED) is 0.698. The minimum absolute atomic E-state index is 0.0348. The second-order valence-corrected chi connectivity index (χ2v) is 7.04. The lowest BCUT2D eigenvalue weighted by Gasteiger charge is -2.30. The van der Waals surface area contributed by atoms with Crippen LogP contribution in [0.15, 0.2) is 24.3 Å². The maximum absolute atomic E-state index is 12.5. The summed E-state index contributed by atoms with van der Waals surface area (Å²) in [5, 5.41) is 8.00. The van der Waals surface area contributed by atoms with Gasteiger partial charge in [-0.3, -0.25) is 19.8 Å². The number of nitrogens with one attached hydrogen (secondary N) is 3. The molecule has 3 N–H and O–H groups in total. The second kappa shape index (κ2) is 8.85. The van der Waals surface area contributed by atoms with Crippen LogP contribution in [0.4, 0.5) is 10.5 Å². The van der Waals surface area contributed by atoms with Crippen LogP contribution in [-0.4, -0.2) is 55.5 Å². The first-order chi connectivity index (χ1) is 13.0. The third kappa shape index (κ3) is 5.68. The maximum Gasteiger partial charge on any atom is 0.321 e. The number of hydrogen-bond donors (Lipinski definition) is 3. The fourth-order valence-electron chi connectivity index (χ4n) is 3.15. The van der Waals surface area contributed by atoms with E-state index in [1.807, 2.05) is 23.1 Å². The summed E-state index contributed by atoms with van der Waals surface area (Å²) >= 11 is 0. The molecule has 1 saturated heterocycles. The van der Waals surface area contributed by atoms with E-state index in [2.05, 4.69) is 16.0 Å². The normalized spacial score (nSPS) is 17.8. The molecule has 3 rings (SSSR count). The van der Waals surface area contributed by atoms with Crippen molar-refractivity contribution in [3.05, 3.63) is 24.3 Å². The molecule has 2 fully saturated rings. The molecule has 1 aromatic carbocycles. The number of imide groups is 1. The number of ether oxygens (including phenoxy) is 1. The molecule has 0 spiro atoms. The fourth-order valence-corrected chi connectivity index (χ4v) is 3.15. The molecule has 27 heavy (non-hydrogen) atoms. The van der Waals surface area contributed by atoms with Crippen LogP contribution in [0.1, 0.15) is 25.7 Å². The van der Waals surface area contributed by atoms with Crippen LogP contribution in [0.3, 0.4) is 0 Å². The standard InChI is InChI=1S/C19H26N4O4/c1-27-16-5-3-2-4-15(16)21-18(25)13-8-10-23(11-9-13)12-17(24)22-19(26)20-14-6-7-14/h2-5,13-14H,6-12H2,1H3,(H,21,25)(H2,20,22,24,26). The van der Waals surface area contributed by atoms with Crippen LogP contribution in [0.2, 0.25) is 0 Å². The Hall–Kier alpha value is -2.61. The molecule has 1 heterocycles. The third-order valence-electron chi connectivity index (χ3n) is 4.86. The molecule has 1 aliphatic heterocycles. The smallest absolute Gasteiger partial charge is 0.321 e. The molecule has 4 amide bonds. The number of rotatable bonds is 6.